The van der Waals surface area contributed by atoms with Gasteiger partial charge in [-0.25, -0.2) is 0 Å². The molecule has 0 aromatic heterocycles. The van der Waals surface area contributed by atoms with Crippen LogP contribution in [0.15, 0.2) is 97.2 Å². The molecule has 0 rings (SSSR count). The van der Waals surface area contributed by atoms with E-state index in [2.05, 4.69) is 104 Å². The molecule has 2 N–H and O–H groups in total. The molecule has 0 heterocycles. The number of hydrogen-bond donors (Lipinski definition) is 2. The maximum atomic E-state index is 13.0. The molecule has 0 aromatic rings. The molecule has 0 bridgehead atoms. The fraction of sp³-hybridized carbons (Fsp3) is 0.754. The Morgan fingerprint density at radius 1 is 0.462 bits per heavy atom. The molecule has 8 nitrogen and oxygen atoms in total. The number of carbonyl (C=O) groups is 1. The molecular weight excluding hydrogens is 984 g/mol. The molecule has 0 saturated carbocycles. The monoisotopic (exact) mass is 1110 g/mol. The number of phosphoric acid groups is 1. The minimum Gasteiger partial charge on any atom is -0.756 e. The maximum absolute atomic E-state index is 13.0. The zero-order chi connectivity index (χ0) is 57.0. The number of likely N-dealkylation sites (N-methyl/N-ethyl adjacent to an activating group) is 1. The van der Waals surface area contributed by atoms with Crippen molar-refractivity contribution in [1.82, 2.24) is 5.32 Å². The van der Waals surface area contributed by atoms with Crippen molar-refractivity contribution in [2.75, 3.05) is 40.9 Å². The van der Waals surface area contributed by atoms with Crippen molar-refractivity contribution in [3.05, 3.63) is 97.2 Å². The zero-order valence-corrected chi connectivity index (χ0v) is 52.5. The Labute approximate surface area is 483 Å². The number of unbranched alkanes of at least 4 members (excludes halogenated alkanes) is 32. The van der Waals surface area contributed by atoms with Gasteiger partial charge in [-0.15, -0.1) is 0 Å². The van der Waals surface area contributed by atoms with Crippen molar-refractivity contribution < 1.29 is 32.9 Å². The number of amides is 1. The summed E-state index contributed by atoms with van der Waals surface area (Å²) < 4.78 is 23.4. The van der Waals surface area contributed by atoms with Crippen LogP contribution in [0.4, 0.5) is 0 Å². The minimum absolute atomic E-state index is 0.00398. The van der Waals surface area contributed by atoms with E-state index in [4.69, 9.17) is 9.05 Å². The number of hydrogen-bond acceptors (Lipinski definition) is 6. The smallest absolute Gasteiger partial charge is 0.268 e. The Morgan fingerprint density at radius 3 is 1.14 bits per heavy atom. The van der Waals surface area contributed by atoms with Gasteiger partial charge in [0, 0.05) is 6.42 Å². The summed E-state index contributed by atoms with van der Waals surface area (Å²) >= 11 is 0. The highest BCUT2D eigenvalue weighted by atomic mass is 31.2. The number of aliphatic hydroxyl groups excluding tert-OH is 1. The third kappa shape index (κ3) is 61.0. The molecule has 0 spiro atoms. The van der Waals surface area contributed by atoms with Crippen LogP contribution in [0.5, 0.6) is 0 Å². The van der Waals surface area contributed by atoms with Gasteiger partial charge in [-0.05, 0) is 77.0 Å². The normalized spacial score (nSPS) is 14.4. The summed E-state index contributed by atoms with van der Waals surface area (Å²) in [5.74, 6) is -0.199. The zero-order valence-electron chi connectivity index (χ0n) is 51.6. The predicted octanol–water partition coefficient (Wildman–Crippen LogP) is 19.9. The number of rotatable bonds is 59. The molecule has 3 unspecified atom stereocenters. The molecular formula is C69H125N2O6P. The third-order valence-electron chi connectivity index (χ3n) is 14.3. The SMILES string of the molecule is CC/C=C\C/C=C\C/C=C\C/C=C\C/C=C\C/C=C\C/C=C\CCCCCCCCCCCCCCCC(=O)NC(COP(=O)([O-])OCC[N+](C)(C)C)C(O)/C=C/CCCCCCCCCCCCCCCCCCCCC. The fourth-order valence-electron chi connectivity index (χ4n) is 9.25. The first-order valence-electron chi connectivity index (χ1n) is 32.6. The molecule has 0 aromatic carbocycles. The van der Waals surface area contributed by atoms with Gasteiger partial charge in [0.2, 0.25) is 5.91 Å². The summed E-state index contributed by atoms with van der Waals surface area (Å²) in [4.78, 5) is 25.6. The van der Waals surface area contributed by atoms with E-state index < -0.39 is 20.0 Å². The van der Waals surface area contributed by atoms with Crippen molar-refractivity contribution in [2.45, 2.75) is 296 Å². The van der Waals surface area contributed by atoms with Crippen LogP contribution in [0.2, 0.25) is 0 Å². The second-order valence-electron chi connectivity index (χ2n) is 23.1. The molecule has 0 radical (unpaired) electrons. The Morgan fingerprint density at radius 2 is 0.782 bits per heavy atom. The van der Waals surface area contributed by atoms with Crippen LogP contribution in [0.1, 0.15) is 284 Å². The van der Waals surface area contributed by atoms with E-state index in [-0.39, 0.29) is 19.1 Å². The number of carbonyl (C=O) groups excluding carboxylic acids is 1. The van der Waals surface area contributed by atoms with Crippen LogP contribution in [0, 0.1) is 0 Å². The summed E-state index contributed by atoms with van der Waals surface area (Å²) in [6.45, 7) is 4.56. The summed E-state index contributed by atoms with van der Waals surface area (Å²) in [5, 5.41) is 13.9. The number of phosphoric ester groups is 1. The van der Waals surface area contributed by atoms with Crippen molar-refractivity contribution >= 4 is 13.7 Å². The number of nitrogens with one attached hydrogen (secondary N) is 1. The first kappa shape index (κ1) is 75.4. The first-order chi connectivity index (χ1) is 38.0. The first-order valence-corrected chi connectivity index (χ1v) is 34.1. The van der Waals surface area contributed by atoms with Crippen molar-refractivity contribution in [3.63, 3.8) is 0 Å². The quantitative estimate of drug-likeness (QED) is 0.0272. The molecule has 452 valence electrons. The van der Waals surface area contributed by atoms with Crippen LogP contribution in [0.3, 0.4) is 0 Å². The van der Waals surface area contributed by atoms with Crippen molar-refractivity contribution in [1.29, 1.82) is 0 Å². The summed E-state index contributed by atoms with van der Waals surface area (Å²) in [5.41, 5.74) is 0. The topological polar surface area (TPSA) is 108 Å². The van der Waals surface area contributed by atoms with E-state index in [1.165, 1.54) is 180 Å². The van der Waals surface area contributed by atoms with Crippen LogP contribution in [-0.2, 0) is 18.4 Å². The number of nitrogens with zero attached hydrogens (tertiary/aromatic N) is 1. The Bertz CT molecular complexity index is 1590. The van der Waals surface area contributed by atoms with E-state index in [1.807, 2.05) is 27.2 Å². The summed E-state index contributed by atoms with van der Waals surface area (Å²) in [6, 6.07) is -0.893. The third-order valence-corrected chi connectivity index (χ3v) is 15.3. The van der Waals surface area contributed by atoms with Crippen LogP contribution in [0.25, 0.3) is 0 Å². The predicted molar refractivity (Wildman–Crippen MR) is 339 cm³/mol. The highest BCUT2D eigenvalue weighted by molar-refractivity contribution is 7.45. The molecule has 0 fully saturated rings. The van der Waals surface area contributed by atoms with Gasteiger partial charge in [0.1, 0.15) is 13.2 Å². The second-order valence-corrected chi connectivity index (χ2v) is 24.5. The maximum Gasteiger partial charge on any atom is 0.268 e. The lowest BCUT2D eigenvalue weighted by atomic mass is 10.0. The van der Waals surface area contributed by atoms with Gasteiger partial charge in [0.05, 0.1) is 39.9 Å². The van der Waals surface area contributed by atoms with E-state index in [0.717, 1.165) is 83.5 Å². The highest BCUT2D eigenvalue weighted by Crippen LogP contribution is 2.38. The highest BCUT2D eigenvalue weighted by Gasteiger charge is 2.23. The molecule has 0 saturated heterocycles. The lowest BCUT2D eigenvalue weighted by Crippen LogP contribution is -2.45. The van der Waals surface area contributed by atoms with E-state index >= 15 is 0 Å². The summed E-state index contributed by atoms with van der Waals surface area (Å²) in [6.07, 6.45) is 85.0. The standard InChI is InChI=1S/C69H125N2O6P/c1-6-8-10-12-14-16-18-20-22-24-26-28-29-30-31-32-33-34-35-36-37-38-39-40-41-43-45-47-49-51-53-55-57-59-61-63-69(73)70-67(66-77-78(74,75)76-65-64-71(3,4)5)68(72)62-60-58-56-54-52-50-48-46-44-42-27-25-23-21-19-17-15-13-11-9-7-2/h8,10,14,16,20,22,26,28,30-31,33-34,36-37,60,62,67-68,72H,6-7,9,11-13,15,17-19,21,23-25,27,29,32,35,38-59,61,63-66H2,1-5H3,(H-,70,73,74,75)/b10-8-,16-14-,22-20-,28-26-,31-30-,34-33-,37-36-,62-60+. The lowest BCUT2D eigenvalue weighted by molar-refractivity contribution is -0.870. The van der Waals surface area contributed by atoms with Gasteiger partial charge in [0.15, 0.2) is 0 Å². The minimum atomic E-state index is -4.61. The molecule has 9 heteroatoms. The van der Waals surface area contributed by atoms with E-state index in [0.29, 0.717) is 17.4 Å². The van der Waals surface area contributed by atoms with Gasteiger partial charge in [-0.1, -0.05) is 297 Å². The Hall–Kier alpha value is -2.58. The van der Waals surface area contributed by atoms with Crippen LogP contribution < -0.4 is 10.2 Å². The van der Waals surface area contributed by atoms with Gasteiger partial charge in [0.25, 0.3) is 7.82 Å². The fourth-order valence-corrected chi connectivity index (χ4v) is 9.98. The Balaban J connectivity index is 4.12. The van der Waals surface area contributed by atoms with Crippen LogP contribution >= 0.6 is 7.82 Å². The van der Waals surface area contributed by atoms with Gasteiger partial charge in [-0.3, -0.25) is 9.36 Å². The van der Waals surface area contributed by atoms with Gasteiger partial charge < -0.3 is 28.8 Å². The molecule has 3 atom stereocenters. The number of aliphatic hydroxyl groups is 1. The van der Waals surface area contributed by atoms with Gasteiger partial charge >= 0.3 is 0 Å². The number of allylic oxidation sites excluding steroid dienone is 15. The molecule has 0 aliphatic heterocycles. The van der Waals surface area contributed by atoms with E-state index in [9.17, 15) is 19.4 Å². The molecule has 0 aliphatic rings. The average Bonchev–Trinajstić information content (AvgIpc) is 3.41. The summed E-state index contributed by atoms with van der Waals surface area (Å²) in [7, 11) is 1.26. The van der Waals surface area contributed by atoms with E-state index in [1.54, 1.807) is 6.08 Å². The van der Waals surface area contributed by atoms with Crippen molar-refractivity contribution in [3.8, 4) is 0 Å². The van der Waals surface area contributed by atoms with Gasteiger partial charge in [-0.2, -0.15) is 0 Å². The number of quaternary nitrogens is 1. The average molecular weight is 1110 g/mol. The van der Waals surface area contributed by atoms with Crippen molar-refractivity contribution in [2.24, 2.45) is 0 Å². The second kappa shape index (κ2) is 59.1. The Kier molecular flexibility index (Phi) is 57.1. The van der Waals surface area contributed by atoms with Crippen LogP contribution in [-0.4, -0.2) is 68.5 Å². The lowest BCUT2D eigenvalue weighted by Gasteiger charge is -2.29. The molecule has 1 amide bonds. The largest absolute Gasteiger partial charge is 0.756 e. The molecule has 0 aliphatic carbocycles. The molecule has 78 heavy (non-hydrogen) atoms.